The Morgan fingerprint density at radius 2 is 1.59 bits per heavy atom. The Hall–Kier alpha value is -2.49. The van der Waals surface area contributed by atoms with Gasteiger partial charge in [0.15, 0.2) is 11.5 Å². The van der Waals surface area contributed by atoms with E-state index in [1.165, 1.54) is 0 Å². The number of hydrogen-bond acceptors (Lipinski definition) is 3. The molecule has 1 amide bonds. The monoisotopic (exact) mass is 299 g/mol. The van der Waals surface area contributed by atoms with Gasteiger partial charge < -0.3 is 14.8 Å². The molecule has 0 unspecified atom stereocenters. The number of anilines is 1. The highest BCUT2D eigenvalue weighted by molar-refractivity contribution is 6.04. The van der Waals surface area contributed by atoms with Crippen LogP contribution in [0.5, 0.6) is 11.5 Å². The molecule has 0 spiro atoms. The second-order valence-electron chi connectivity index (χ2n) is 4.85. The summed E-state index contributed by atoms with van der Waals surface area (Å²) in [6.07, 6.45) is 0. The number of ether oxygens (including phenoxy) is 2. The van der Waals surface area contributed by atoms with Crippen molar-refractivity contribution in [1.82, 2.24) is 0 Å². The summed E-state index contributed by atoms with van der Waals surface area (Å²) in [4.78, 5) is 12.2. The van der Waals surface area contributed by atoms with Crippen LogP contribution in [0.15, 0.2) is 42.5 Å². The van der Waals surface area contributed by atoms with Gasteiger partial charge in [-0.3, -0.25) is 4.79 Å². The summed E-state index contributed by atoms with van der Waals surface area (Å²) in [6, 6.07) is 12.8. The highest BCUT2D eigenvalue weighted by atomic mass is 16.5. The van der Waals surface area contributed by atoms with Gasteiger partial charge in [-0.2, -0.15) is 0 Å². The molecule has 1 N–H and O–H groups in total. The zero-order valence-corrected chi connectivity index (χ0v) is 13.2. The van der Waals surface area contributed by atoms with Gasteiger partial charge >= 0.3 is 0 Å². The molecule has 0 aliphatic carbocycles. The largest absolute Gasteiger partial charge is 0.490 e. The lowest BCUT2D eigenvalue weighted by Gasteiger charge is -2.13. The van der Waals surface area contributed by atoms with E-state index in [0.29, 0.717) is 36.0 Å². The maximum atomic E-state index is 12.2. The predicted molar refractivity (Wildman–Crippen MR) is 87.9 cm³/mol. The second kappa shape index (κ2) is 7.50. The maximum absolute atomic E-state index is 12.2. The van der Waals surface area contributed by atoms with E-state index in [0.717, 1.165) is 5.56 Å². The smallest absolute Gasteiger partial charge is 0.255 e. The van der Waals surface area contributed by atoms with Gasteiger partial charge in [-0.15, -0.1) is 0 Å². The fourth-order valence-corrected chi connectivity index (χ4v) is 2.04. The summed E-state index contributed by atoms with van der Waals surface area (Å²) in [5, 5.41) is 2.87. The van der Waals surface area contributed by atoms with Crippen LogP contribution in [0, 0.1) is 6.92 Å². The minimum Gasteiger partial charge on any atom is -0.490 e. The van der Waals surface area contributed by atoms with Crippen LogP contribution in [0.4, 0.5) is 5.69 Å². The molecule has 0 heterocycles. The van der Waals surface area contributed by atoms with Crippen molar-refractivity contribution in [2.45, 2.75) is 20.8 Å². The van der Waals surface area contributed by atoms with Gasteiger partial charge in [0.2, 0.25) is 0 Å². The van der Waals surface area contributed by atoms with Gasteiger partial charge in [-0.05, 0) is 45.0 Å². The molecule has 116 valence electrons. The first-order chi connectivity index (χ1) is 10.6. The number of amides is 1. The molecule has 2 rings (SSSR count). The van der Waals surface area contributed by atoms with Crippen molar-refractivity contribution in [3.8, 4) is 11.5 Å². The molecular weight excluding hydrogens is 278 g/mol. The minimum absolute atomic E-state index is 0.147. The van der Waals surface area contributed by atoms with Crippen molar-refractivity contribution in [3.05, 3.63) is 53.6 Å². The Morgan fingerprint density at radius 3 is 2.23 bits per heavy atom. The molecule has 0 atom stereocenters. The third-order valence-corrected chi connectivity index (χ3v) is 3.12. The summed E-state index contributed by atoms with van der Waals surface area (Å²) in [7, 11) is 0. The molecule has 2 aromatic rings. The van der Waals surface area contributed by atoms with Gasteiger partial charge in [0, 0.05) is 17.3 Å². The molecule has 0 saturated carbocycles. The quantitative estimate of drug-likeness (QED) is 0.875. The highest BCUT2D eigenvalue weighted by Gasteiger charge is 2.09. The molecular formula is C18H21NO3. The van der Waals surface area contributed by atoms with E-state index in [1.807, 2.05) is 45.0 Å². The van der Waals surface area contributed by atoms with E-state index >= 15 is 0 Å². The minimum atomic E-state index is -0.147. The first-order valence-corrected chi connectivity index (χ1v) is 7.41. The molecule has 4 nitrogen and oxygen atoms in total. The van der Waals surface area contributed by atoms with Gasteiger partial charge in [0.1, 0.15) is 0 Å². The van der Waals surface area contributed by atoms with Crippen LogP contribution in [0.1, 0.15) is 29.8 Å². The van der Waals surface area contributed by atoms with Crippen LogP contribution in [0.2, 0.25) is 0 Å². The summed E-state index contributed by atoms with van der Waals surface area (Å²) in [5.41, 5.74) is 2.42. The van der Waals surface area contributed by atoms with Crippen molar-refractivity contribution in [1.29, 1.82) is 0 Å². The molecule has 2 aromatic carbocycles. The highest BCUT2D eigenvalue weighted by Crippen LogP contribution is 2.30. The Kier molecular flexibility index (Phi) is 5.42. The lowest BCUT2D eigenvalue weighted by atomic mass is 10.1. The summed E-state index contributed by atoms with van der Waals surface area (Å²) in [6.45, 7) is 6.92. The number of carbonyl (C=O) groups is 1. The second-order valence-corrected chi connectivity index (χ2v) is 4.85. The van der Waals surface area contributed by atoms with Gasteiger partial charge in [-0.1, -0.05) is 17.7 Å². The third kappa shape index (κ3) is 4.01. The molecule has 0 radical (unpaired) electrons. The number of carbonyl (C=O) groups excluding carboxylic acids is 1. The van der Waals surface area contributed by atoms with E-state index < -0.39 is 0 Å². The lowest BCUT2D eigenvalue weighted by molar-refractivity contribution is 0.102. The Bertz CT molecular complexity index is 635. The SMILES string of the molecule is CCOc1ccc(NC(=O)c2ccc(C)cc2)cc1OCC. The van der Waals surface area contributed by atoms with Crippen LogP contribution in [0.25, 0.3) is 0 Å². The van der Waals surface area contributed by atoms with Gasteiger partial charge in [0.25, 0.3) is 5.91 Å². The summed E-state index contributed by atoms with van der Waals surface area (Å²) >= 11 is 0. The first kappa shape index (κ1) is 15.9. The van der Waals surface area contributed by atoms with Crippen LogP contribution in [-0.4, -0.2) is 19.1 Å². The molecule has 22 heavy (non-hydrogen) atoms. The van der Waals surface area contributed by atoms with Gasteiger partial charge in [-0.25, -0.2) is 0 Å². The Labute approximate surface area is 131 Å². The fourth-order valence-electron chi connectivity index (χ4n) is 2.04. The predicted octanol–water partition coefficient (Wildman–Crippen LogP) is 4.04. The van der Waals surface area contributed by atoms with Crippen LogP contribution < -0.4 is 14.8 Å². The van der Waals surface area contributed by atoms with Crippen LogP contribution in [0.3, 0.4) is 0 Å². The van der Waals surface area contributed by atoms with Crippen molar-refractivity contribution >= 4 is 11.6 Å². The number of hydrogen-bond donors (Lipinski definition) is 1. The third-order valence-electron chi connectivity index (χ3n) is 3.12. The Morgan fingerprint density at radius 1 is 0.955 bits per heavy atom. The molecule has 0 aliphatic heterocycles. The molecule has 0 aliphatic rings. The average molecular weight is 299 g/mol. The van der Waals surface area contributed by atoms with Crippen molar-refractivity contribution in [3.63, 3.8) is 0 Å². The van der Waals surface area contributed by atoms with E-state index in [-0.39, 0.29) is 5.91 Å². The first-order valence-electron chi connectivity index (χ1n) is 7.41. The molecule has 4 heteroatoms. The van der Waals surface area contributed by atoms with Crippen LogP contribution >= 0.6 is 0 Å². The standard InChI is InChI=1S/C18H21NO3/c1-4-21-16-11-10-15(12-17(16)22-5-2)19-18(20)14-8-6-13(3)7-9-14/h6-12H,4-5H2,1-3H3,(H,19,20). The van der Waals surface area contributed by atoms with E-state index in [4.69, 9.17) is 9.47 Å². The van der Waals surface area contributed by atoms with Crippen molar-refractivity contribution in [2.24, 2.45) is 0 Å². The molecule has 0 aromatic heterocycles. The average Bonchev–Trinajstić information content (AvgIpc) is 2.51. The zero-order valence-electron chi connectivity index (χ0n) is 13.2. The van der Waals surface area contributed by atoms with Crippen LogP contribution in [-0.2, 0) is 0 Å². The molecule has 0 saturated heterocycles. The topological polar surface area (TPSA) is 47.6 Å². The van der Waals surface area contributed by atoms with E-state index in [2.05, 4.69) is 5.32 Å². The maximum Gasteiger partial charge on any atom is 0.255 e. The zero-order chi connectivity index (χ0) is 15.9. The number of benzene rings is 2. The Balaban J connectivity index is 2.16. The van der Waals surface area contributed by atoms with Crippen molar-refractivity contribution < 1.29 is 14.3 Å². The molecule has 0 fully saturated rings. The van der Waals surface area contributed by atoms with E-state index in [9.17, 15) is 4.79 Å². The summed E-state index contributed by atoms with van der Waals surface area (Å²) < 4.78 is 11.1. The summed E-state index contributed by atoms with van der Waals surface area (Å²) in [5.74, 6) is 1.16. The molecule has 0 bridgehead atoms. The fraction of sp³-hybridized carbons (Fsp3) is 0.278. The normalized spacial score (nSPS) is 10.1. The lowest BCUT2D eigenvalue weighted by Crippen LogP contribution is -2.12. The van der Waals surface area contributed by atoms with E-state index in [1.54, 1.807) is 18.2 Å². The number of aryl methyl sites for hydroxylation is 1. The van der Waals surface area contributed by atoms with Gasteiger partial charge in [0.05, 0.1) is 13.2 Å². The number of rotatable bonds is 6. The van der Waals surface area contributed by atoms with Crippen molar-refractivity contribution in [2.75, 3.05) is 18.5 Å². The number of nitrogens with one attached hydrogen (secondary N) is 1.